The predicted molar refractivity (Wildman–Crippen MR) is 69.9 cm³/mol. The van der Waals surface area contributed by atoms with E-state index in [0.717, 1.165) is 19.8 Å². The van der Waals surface area contributed by atoms with Crippen molar-refractivity contribution < 1.29 is 26.4 Å². The zero-order valence-electron chi connectivity index (χ0n) is 11.7. The van der Waals surface area contributed by atoms with E-state index in [-0.39, 0.29) is 31.1 Å². The molecule has 2 fully saturated rings. The molecule has 1 amide bonds. The minimum atomic E-state index is -4.48. The highest BCUT2D eigenvalue weighted by molar-refractivity contribution is 7.89. The summed E-state index contributed by atoms with van der Waals surface area (Å²) in [6.07, 6.45) is -2.93. The fraction of sp³-hybridized carbons (Fsp3) is 0.917. The van der Waals surface area contributed by atoms with Gasteiger partial charge in [0.1, 0.15) is 6.04 Å². The number of nitrogens with zero attached hydrogens (tertiary/aromatic N) is 1. The molecule has 5 nitrogen and oxygen atoms in total. The van der Waals surface area contributed by atoms with Crippen LogP contribution in [0.4, 0.5) is 13.2 Å². The van der Waals surface area contributed by atoms with E-state index in [2.05, 4.69) is 4.72 Å². The van der Waals surface area contributed by atoms with Crippen molar-refractivity contribution in [2.45, 2.75) is 50.9 Å². The Morgan fingerprint density at radius 1 is 1.24 bits per heavy atom. The normalized spacial score (nSPS) is 27.7. The Morgan fingerprint density at radius 2 is 1.86 bits per heavy atom. The molecule has 9 heteroatoms. The Hall–Kier alpha value is -0.830. The number of hydrogen-bond acceptors (Lipinski definition) is 3. The van der Waals surface area contributed by atoms with Gasteiger partial charge in [0.2, 0.25) is 15.9 Å². The number of rotatable bonds is 4. The molecule has 0 aromatic rings. The maximum atomic E-state index is 12.9. The van der Waals surface area contributed by atoms with Gasteiger partial charge in [-0.05, 0) is 31.6 Å². The van der Waals surface area contributed by atoms with Crippen molar-refractivity contribution >= 4 is 15.9 Å². The van der Waals surface area contributed by atoms with Crippen molar-refractivity contribution in [3.05, 3.63) is 0 Å². The van der Waals surface area contributed by atoms with Gasteiger partial charge in [-0.2, -0.15) is 13.2 Å². The molecule has 0 spiro atoms. The summed E-state index contributed by atoms with van der Waals surface area (Å²) in [4.78, 5) is 12.1. The van der Waals surface area contributed by atoms with Crippen LogP contribution in [0.5, 0.6) is 0 Å². The van der Waals surface area contributed by atoms with Gasteiger partial charge in [-0.3, -0.25) is 4.79 Å². The van der Waals surface area contributed by atoms with Gasteiger partial charge in [-0.1, -0.05) is 0 Å². The highest BCUT2D eigenvalue weighted by atomic mass is 32.2. The van der Waals surface area contributed by atoms with E-state index in [1.807, 2.05) is 0 Å². The molecule has 0 radical (unpaired) electrons. The van der Waals surface area contributed by atoms with Crippen LogP contribution in [0.25, 0.3) is 0 Å². The molecular weight excluding hydrogens is 309 g/mol. The number of carbonyl (C=O) groups is 1. The van der Waals surface area contributed by atoms with E-state index in [1.54, 1.807) is 0 Å². The Morgan fingerprint density at radius 3 is 2.33 bits per heavy atom. The van der Waals surface area contributed by atoms with Crippen molar-refractivity contribution in [1.29, 1.82) is 0 Å². The summed E-state index contributed by atoms with van der Waals surface area (Å²) in [5, 5.41) is 0. The quantitative estimate of drug-likeness (QED) is 0.845. The number of piperidine rings is 1. The van der Waals surface area contributed by atoms with E-state index < -0.39 is 34.2 Å². The molecule has 0 aromatic heterocycles. The fourth-order valence-corrected chi connectivity index (χ4v) is 4.40. The number of sulfonamides is 1. The highest BCUT2D eigenvalue weighted by Gasteiger charge is 2.47. The molecule has 21 heavy (non-hydrogen) atoms. The van der Waals surface area contributed by atoms with Crippen molar-refractivity contribution in [2.24, 2.45) is 5.92 Å². The van der Waals surface area contributed by atoms with Crippen LogP contribution >= 0.6 is 0 Å². The molecule has 2 atom stereocenters. The van der Waals surface area contributed by atoms with Gasteiger partial charge >= 0.3 is 6.18 Å². The van der Waals surface area contributed by atoms with Gasteiger partial charge in [0.05, 0.1) is 5.75 Å². The van der Waals surface area contributed by atoms with Crippen LogP contribution in [0.15, 0.2) is 0 Å². The monoisotopic (exact) mass is 328 g/mol. The third kappa shape index (κ3) is 4.57. The van der Waals surface area contributed by atoms with E-state index in [1.165, 1.54) is 0 Å². The first-order chi connectivity index (χ1) is 9.58. The number of alkyl halides is 3. The maximum absolute atomic E-state index is 12.9. The lowest BCUT2D eigenvalue weighted by atomic mass is 9.98. The smallest absolute Gasteiger partial charge is 0.329 e. The van der Waals surface area contributed by atoms with Crippen LogP contribution in [-0.2, 0) is 14.8 Å². The molecule has 2 unspecified atom stereocenters. The van der Waals surface area contributed by atoms with Crippen LogP contribution in [0.3, 0.4) is 0 Å². The topological polar surface area (TPSA) is 66.5 Å². The molecular formula is C12H19F3N2O3S. The molecule has 122 valence electrons. The lowest BCUT2D eigenvalue weighted by Crippen LogP contribution is -2.57. The summed E-state index contributed by atoms with van der Waals surface area (Å²) in [6.45, 7) is 0.837. The number of nitrogens with one attached hydrogen (secondary N) is 1. The number of halogens is 3. The van der Waals surface area contributed by atoms with E-state index in [9.17, 15) is 26.4 Å². The van der Waals surface area contributed by atoms with Crippen LogP contribution in [0.2, 0.25) is 0 Å². The zero-order valence-corrected chi connectivity index (χ0v) is 12.5. The first-order valence-electron chi connectivity index (χ1n) is 6.92. The van der Waals surface area contributed by atoms with Gasteiger partial charge in [0.15, 0.2) is 0 Å². The Bertz CT molecular complexity index is 502. The first-order valence-corrected chi connectivity index (χ1v) is 8.57. The highest BCUT2D eigenvalue weighted by Crippen LogP contribution is 2.33. The Balaban J connectivity index is 2.00. The second kappa shape index (κ2) is 5.75. The standard InChI is InChI=1S/C12H19F3N2O3S/c1-8(18)17-6-10(4-5-11(17)12(13,14)15)16-21(19,20)7-9-2-3-9/h9-11,16H,2-7H2,1H3. The molecule has 1 aliphatic carbocycles. The molecule has 1 saturated heterocycles. The lowest BCUT2D eigenvalue weighted by molar-refractivity contribution is -0.196. The molecule has 1 N–H and O–H groups in total. The van der Waals surface area contributed by atoms with Crippen molar-refractivity contribution in [3.63, 3.8) is 0 Å². The molecule has 2 aliphatic rings. The molecule has 1 saturated carbocycles. The lowest BCUT2D eigenvalue weighted by Gasteiger charge is -2.40. The molecule has 1 heterocycles. The van der Waals surface area contributed by atoms with Gasteiger partial charge in [-0.25, -0.2) is 13.1 Å². The maximum Gasteiger partial charge on any atom is 0.408 e. The van der Waals surface area contributed by atoms with Gasteiger partial charge in [0.25, 0.3) is 0 Å². The molecule has 1 aliphatic heterocycles. The predicted octanol–water partition coefficient (Wildman–Crippen LogP) is 1.26. The average molecular weight is 328 g/mol. The largest absolute Gasteiger partial charge is 0.408 e. The third-order valence-corrected chi connectivity index (χ3v) is 5.47. The Kier molecular flexibility index (Phi) is 4.53. The van der Waals surface area contributed by atoms with Crippen LogP contribution < -0.4 is 4.72 Å². The number of amides is 1. The molecule has 0 aromatic carbocycles. The van der Waals surface area contributed by atoms with Crippen molar-refractivity contribution in [1.82, 2.24) is 9.62 Å². The molecule has 2 rings (SSSR count). The zero-order chi connectivity index (χ0) is 15.8. The van der Waals surface area contributed by atoms with E-state index >= 15 is 0 Å². The van der Waals surface area contributed by atoms with Crippen LogP contribution in [0.1, 0.15) is 32.6 Å². The summed E-state index contributed by atoms with van der Waals surface area (Å²) in [5.41, 5.74) is 0. The Labute approximate surface area is 121 Å². The van der Waals surface area contributed by atoms with Gasteiger partial charge in [0, 0.05) is 19.5 Å². The van der Waals surface area contributed by atoms with Crippen molar-refractivity contribution in [2.75, 3.05) is 12.3 Å². The second-order valence-corrected chi connectivity index (χ2v) is 7.64. The average Bonchev–Trinajstić information content (AvgIpc) is 3.09. The summed E-state index contributed by atoms with van der Waals surface area (Å²) in [7, 11) is -3.49. The fourth-order valence-electron chi connectivity index (χ4n) is 2.65. The minimum Gasteiger partial charge on any atom is -0.329 e. The molecule has 0 bridgehead atoms. The van der Waals surface area contributed by atoms with Gasteiger partial charge < -0.3 is 4.90 Å². The summed E-state index contributed by atoms with van der Waals surface area (Å²) in [6, 6.07) is -2.46. The third-order valence-electron chi connectivity index (χ3n) is 3.86. The van der Waals surface area contributed by atoms with Crippen LogP contribution in [-0.4, -0.2) is 49.8 Å². The second-order valence-electron chi connectivity index (χ2n) is 5.85. The number of likely N-dealkylation sites (tertiary alicyclic amines) is 1. The van der Waals surface area contributed by atoms with Gasteiger partial charge in [-0.15, -0.1) is 0 Å². The van der Waals surface area contributed by atoms with Crippen molar-refractivity contribution in [3.8, 4) is 0 Å². The van der Waals surface area contributed by atoms with E-state index in [4.69, 9.17) is 0 Å². The SMILES string of the molecule is CC(=O)N1CC(NS(=O)(=O)CC2CC2)CCC1C(F)(F)F. The summed E-state index contributed by atoms with van der Waals surface area (Å²) in [5.74, 6) is -0.506. The number of carbonyl (C=O) groups excluding carboxylic acids is 1. The summed E-state index contributed by atoms with van der Waals surface area (Å²) >= 11 is 0. The number of hydrogen-bond donors (Lipinski definition) is 1. The first kappa shape index (κ1) is 16.5. The van der Waals surface area contributed by atoms with Crippen LogP contribution in [0, 0.1) is 5.92 Å². The minimum absolute atomic E-state index is 0.0201. The summed E-state index contributed by atoms with van der Waals surface area (Å²) < 4.78 is 64.8. The van der Waals surface area contributed by atoms with E-state index in [0.29, 0.717) is 4.90 Å².